The quantitative estimate of drug-likeness (QED) is 0.937. The third-order valence-corrected chi connectivity index (χ3v) is 4.26. The Balaban J connectivity index is 1.41. The molecule has 2 unspecified atom stereocenters. The van der Waals surface area contributed by atoms with Crippen molar-refractivity contribution in [3.05, 3.63) is 59.7 Å². The van der Waals surface area contributed by atoms with Crippen LogP contribution in [0, 0.1) is 0 Å². The van der Waals surface area contributed by atoms with E-state index in [9.17, 15) is 0 Å². The minimum Gasteiger partial charge on any atom is -0.493 e. The van der Waals surface area contributed by atoms with Gasteiger partial charge >= 0.3 is 0 Å². The van der Waals surface area contributed by atoms with Crippen LogP contribution in [0.4, 0.5) is 0 Å². The van der Waals surface area contributed by atoms with Crippen molar-refractivity contribution < 1.29 is 9.47 Å². The molecule has 21 heavy (non-hydrogen) atoms. The molecule has 0 fully saturated rings. The third-order valence-electron chi connectivity index (χ3n) is 4.26. The van der Waals surface area contributed by atoms with E-state index in [0.717, 1.165) is 37.5 Å². The highest BCUT2D eigenvalue weighted by Gasteiger charge is 2.25. The molecular formula is C18H19NO2. The summed E-state index contributed by atoms with van der Waals surface area (Å²) in [6.07, 6.45) is 2.24. The molecule has 2 heterocycles. The molecule has 0 saturated heterocycles. The Kier molecular flexibility index (Phi) is 3.28. The fourth-order valence-electron chi connectivity index (χ4n) is 3.20. The van der Waals surface area contributed by atoms with Gasteiger partial charge in [-0.05, 0) is 17.7 Å². The summed E-state index contributed by atoms with van der Waals surface area (Å²) in [5, 5.41) is 3.65. The van der Waals surface area contributed by atoms with E-state index in [1.807, 2.05) is 18.2 Å². The van der Waals surface area contributed by atoms with Crippen LogP contribution in [0.15, 0.2) is 48.5 Å². The van der Waals surface area contributed by atoms with E-state index in [1.54, 1.807) is 0 Å². The van der Waals surface area contributed by atoms with Crippen molar-refractivity contribution in [2.45, 2.75) is 25.0 Å². The van der Waals surface area contributed by atoms with Crippen LogP contribution in [0.2, 0.25) is 0 Å². The monoisotopic (exact) mass is 281 g/mol. The van der Waals surface area contributed by atoms with Crippen LogP contribution in [-0.2, 0) is 6.42 Å². The number of hydrogen-bond acceptors (Lipinski definition) is 3. The zero-order chi connectivity index (χ0) is 14.1. The van der Waals surface area contributed by atoms with Gasteiger partial charge in [0.25, 0.3) is 0 Å². The van der Waals surface area contributed by atoms with Gasteiger partial charge in [0.05, 0.1) is 6.61 Å². The van der Waals surface area contributed by atoms with Crippen LogP contribution < -0.4 is 14.8 Å². The standard InChI is InChI=1S/C18H19NO2/c1-3-7-17-13(5-1)11-14(21-17)12-19-16-9-10-20-18-8-4-2-6-15(16)18/h1-8,14,16,19H,9-12H2. The number of nitrogens with one attached hydrogen (secondary N) is 1. The molecule has 0 saturated carbocycles. The smallest absolute Gasteiger partial charge is 0.124 e. The van der Waals surface area contributed by atoms with Gasteiger partial charge in [0.15, 0.2) is 0 Å². The van der Waals surface area contributed by atoms with Crippen molar-refractivity contribution in [2.24, 2.45) is 0 Å². The molecule has 0 amide bonds. The Bertz CT molecular complexity index is 616. The van der Waals surface area contributed by atoms with Gasteiger partial charge in [-0.15, -0.1) is 0 Å². The average molecular weight is 281 g/mol. The van der Waals surface area contributed by atoms with Gasteiger partial charge < -0.3 is 14.8 Å². The van der Waals surface area contributed by atoms with Gasteiger partial charge in [0, 0.05) is 31.0 Å². The molecule has 3 heteroatoms. The third kappa shape index (κ3) is 2.49. The molecule has 1 N–H and O–H groups in total. The Hall–Kier alpha value is -2.00. The van der Waals surface area contributed by atoms with E-state index in [4.69, 9.17) is 9.47 Å². The van der Waals surface area contributed by atoms with Gasteiger partial charge in [0.1, 0.15) is 17.6 Å². The molecule has 108 valence electrons. The fraction of sp³-hybridized carbons (Fsp3) is 0.333. The van der Waals surface area contributed by atoms with Gasteiger partial charge in [-0.3, -0.25) is 0 Å². The van der Waals surface area contributed by atoms with Crippen molar-refractivity contribution in [1.82, 2.24) is 5.32 Å². The lowest BCUT2D eigenvalue weighted by atomic mass is 10.0. The lowest BCUT2D eigenvalue weighted by Crippen LogP contribution is -2.35. The average Bonchev–Trinajstić information content (AvgIpc) is 2.96. The minimum absolute atomic E-state index is 0.234. The zero-order valence-electron chi connectivity index (χ0n) is 11.9. The van der Waals surface area contributed by atoms with Crippen LogP contribution in [0.3, 0.4) is 0 Å². The Labute approximate surface area is 124 Å². The topological polar surface area (TPSA) is 30.5 Å². The van der Waals surface area contributed by atoms with E-state index in [0.29, 0.717) is 6.04 Å². The highest BCUT2D eigenvalue weighted by Crippen LogP contribution is 2.32. The number of benzene rings is 2. The molecule has 3 nitrogen and oxygen atoms in total. The van der Waals surface area contributed by atoms with Crippen molar-refractivity contribution in [3.8, 4) is 11.5 Å². The molecule has 2 atom stereocenters. The second kappa shape index (κ2) is 5.41. The first kappa shape index (κ1) is 12.7. The van der Waals surface area contributed by atoms with Gasteiger partial charge in [-0.1, -0.05) is 36.4 Å². The summed E-state index contributed by atoms with van der Waals surface area (Å²) in [7, 11) is 0. The molecule has 0 radical (unpaired) electrons. The van der Waals surface area contributed by atoms with Gasteiger partial charge in [-0.2, -0.15) is 0 Å². The van der Waals surface area contributed by atoms with E-state index in [2.05, 4.69) is 35.6 Å². The summed E-state index contributed by atoms with van der Waals surface area (Å²) in [6, 6.07) is 17.0. The number of hydrogen-bond donors (Lipinski definition) is 1. The molecule has 0 bridgehead atoms. The molecule has 0 aliphatic carbocycles. The van der Waals surface area contributed by atoms with E-state index >= 15 is 0 Å². The summed E-state index contributed by atoms with van der Waals surface area (Å²) in [6.45, 7) is 1.65. The summed E-state index contributed by atoms with van der Waals surface area (Å²) in [5.74, 6) is 2.05. The van der Waals surface area contributed by atoms with Crippen LogP contribution in [0.25, 0.3) is 0 Å². The number of rotatable bonds is 3. The summed E-state index contributed by atoms with van der Waals surface area (Å²) in [4.78, 5) is 0. The van der Waals surface area contributed by atoms with Gasteiger partial charge in [-0.25, -0.2) is 0 Å². The van der Waals surface area contributed by atoms with Crippen LogP contribution in [0.5, 0.6) is 11.5 Å². The van der Waals surface area contributed by atoms with Crippen LogP contribution >= 0.6 is 0 Å². The SMILES string of the molecule is c1ccc2c(c1)CC(CNC1CCOc3ccccc31)O2. The van der Waals surface area contributed by atoms with E-state index in [-0.39, 0.29) is 6.10 Å². The zero-order valence-corrected chi connectivity index (χ0v) is 11.9. The van der Waals surface area contributed by atoms with E-state index in [1.165, 1.54) is 11.1 Å². The largest absolute Gasteiger partial charge is 0.493 e. The highest BCUT2D eigenvalue weighted by molar-refractivity contribution is 5.38. The summed E-state index contributed by atoms with van der Waals surface area (Å²) in [5.41, 5.74) is 2.58. The maximum atomic E-state index is 5.99. The van der Waals surface area contributed by atoms with Crippen molar-refractivity contribution in [3.63, 3.8) is 0 Å². The first-order chi connectivity index (χ1) is 10.4. The first-order valence-electron chi connectivity index (χ1n) is 7.60. The predicted octanol–water partition coefficient (Wildman–Crippen LogP) is 3.10. The van der Waals surface area contributed by atoms with Crippen molar-refractivity contribution in [2.75, 3.05) is 13.2 Å². The molecule has 0 spiro atoms. The lowest BCUT2D eigenvalue weighted by molar-refractivity contribution is 0.204. The summed E-state index contributed by atoms with van der Waals surface area (Å²) < 4.78 is 11.7. The molecule has 0 aromatic heterocycles. The Morgan fingerprint density at radius 1 is 1.00 bits per heavy atom. The second-order valence-electron chi connectivity index (χ2n) is 5.69. The van der Waals surface area contributed by atoms with Crippen LogP contribution in [-0.4, -0.2) is 19.3 Å². The Morgan fingerprint density at radius 3 is 2.71 bits per heavy atom. The molecular weight excluding hydrogens is 262 g/mol. The normalized spacial score (nSPS) is 22.9. The molecule has 4 rings (SSSR count). The maximum Gasteiger partial charge on any atom is 0.124 e. The molecule has 2 aromatic rings. The number of fused-ring (bicyclic) bond motifs is 2. The van der Waals surface area contributed by atoms with Crippen molar-refractivity contribution in [1.29, 1.82) is 0 Å². The number of para-hydroxylation sites is 2. The fourth-order valence-corrected chi connectivity index (χ4v) is 3.20. The second-order valence-corrected chi connectivity index (χ2v) is 5.69. The maximum absolute atomic E-state index is 5.99. The summed E-state index contributed by atoms with van der Waals surface area (Å²) >= 11 is 0. The lowest BCUT2D eigenvalue weighted by Gasteiger charge is -2.27. The highest BCUT2D eigenvalue weighted by atomic mass is 16.5. The van der Waals surface area contributed by atoms with Crippen molar-refractivity contribution >= 4 is 0 Å². The van der Waals surface area contributed by atoms with E-state index < -0.39 is 0 Å². The first-order valence-corrected chi connectivity index (χ1v) is 7.60. The molecule has 2 aliphatic rings. The van der Waals surface area contributed by atoms with Crippen LogP contribution in [0.1, 0.15) is 23.6 Å². The molecule has 2 aromatic carbocycles. The predicted molar refractivity (Wildman–Crippen MR) is 81.9 cm³/mol. The number of ether oxygens (including phenoxy) is 2. The molecule has 2 aliphatic heterocycles. The minimum atomic E-state index is 0.234. The van der Waals surface area contributed by atoms with Gasteiger partial charge in [0.2, 0.25) is 0 Å². The Morgan fingerprint density at radius 2 is 1.81 bits per heavy atom.